The van der Waals surface area contributed by atoms with E-state index < -0.39 is 10.0 Å². The predicted molar refractivity (Wildman–Crippen MR) is 82.5 cm³/mol. The van der Waals surface area contributed by atoms with E-state index in [9.17, 15) is 13.2 Å². The van der Waals surface area contributed by atoms with E-state index in [0.717, 1.165) is 51.6 Å². The first-order chi connectivity index (χ1) is 9.97. The number of nitrogens with one attached hydrogen (secondary N) is 2. The SMILES string of the molecule is CS(=O)(=O)NCCC1CCCCN1C(=O)C1CCCCN1. The van der Waals surface area contributed by atoms with Gasteiger partial charge in [-0.1, -0.05) is 6.42 Å². The Morgan fingerprint density at radius 1 is 1.24 bits per heavy atom. The van der Waals surface area contributed by atoms with E-state index in [1.807, 2.05) is 4.90 Å². The highest BCUT2D eigenvalue weighted by molar-refractivity contribution is 7.88. The number of nitrogens with zero attached hydrogens (tertiary/aromatic N) is 1. The molecule has 0 aromatic heterocycles. The zero-order chi connectivity index (χ0) is 15.3. The van der Waals surface area contributed by atoms with E-state index >= 15 is 0 Å². The molecule has 0 aliphatic carbocycles. The number of carbonyl (C=O) groups is 1. The van der Waals surface area contributed by atoms with Crippen molar-refractivity contribution < 1.29 is 13.2 Å². The fourth-order valence-corrected chi connectivity index (χ4v) is 3.75. The van der Waals surface area contributed by atoms with Crippen molar-refractivity contribution in [1.29, 1.82) is 0 Å². The van der Waals surface area contributed by atoms with Crippen LogP contribution in [0.15, 0.2) is 0 Å². The van der Waals surface area contributed by atoms with Gasteiger partial charge in [0, 0.05) is 19.1 Å². The van der Waals surface area contributed by atoms with Crippen LogP contribution in [0.3, 0.4) is 0 Å². The van der Waals surface area contributed by atoms with Gasteiger partial charge in [-0.2, -0.15) is 0 Å². The monoisotopic (exact) mass is 317 g/mol. The molecule has 0 radical (unpaired) electrons. The van der Waals surface area contributed by atoms with Gasteiger partial charge in [0.1, 0.15) is 0 Å². The molecule has 2 heterocycles. The summed E-state index contributed by atoms with van der Waals surface area (Å²) in [4.78, 5) is 14.6. The molecule has 6 nitrogen and oxygen atoms in total. The molecular formula is C14H27N3O3S. The van der Waals surface area contributed by atoms with Gasteiger partial charge in [-0.25, -0.2) is 13.1 Å². The summed E-state index contributed by atoms with van der Waals surface area (Å²) in [6, 6.07) is 0.131. The molecule has 2 N–H and O–H groups in total. The van der Waals surface area contributed by atoms with Crippen molar-refractivity contribution in [2.75, 3.05) is 25.9 Å². The lowest BCUT2D eigenvalue weighted by Gasteiger charge is -2.39. The van der Waals surface area contributed by atoms with Crippen molar-refractivity contribution in [2.24, 2.45) is 0 Å². The van der Waals surface area contributed by atoms with Crippen LogP contribution >= 0.6 is 0 Å². The Kier molecular flexibility index (Phi) is 6.01. The van der Waals surface area contributed by atoms with Crippen LogP contribution in [0, 0.1) is 0 Å². The van der Waals surface area contributed by atoms with Crippen LogP contribution in [0.4, 0.5) is 0 Å². The molecule has 0 spiro atoms. The number of piperidine rings is 2. The molecule has 2 aliphatic rings. The third-order valence-corrected chi connectivity index (χ3v) is 5.09. The maximum Gasteiger partial charge on any atom is 0.239 e. The standard InChI is InChI=1S/C14H27N3O3S/c1-21(19,20)16-10-8-12-6-3-5-11-17(12)14(18)13-7-2-4-9-15-13/h12-13,15-16H,2-11H2,1H3. The lowest BCUT2D eigenvalue weighted by atomic mass is 9.96. The molecular weight excluding hydrogens is 290 g/mol. The molecule has 2 unspecified atom stereocenters. The number of hydrogen-bond acceptors (Lipinski definition) is 4. The quantitative estimate of drug-likeness (QED) is 0.772. The van der Waals surface area contributed by atoms with Gasteiger partial charge in [0.2, 0.25) is 15.9 Å². The highest BCUT2D eigenvalue weighted by atomic mass is 32.2. The third kappa shape index (κ3) is 5.23. The van der Waals surface area contributed by atoms with Crippen LogP contribution in [-0.4, -0.2) is 57.2 Å². The third-order valence-electron chi connectivity index (χ3n) is 4.36. The van der Waals surface area contributed by atoms with Crippen LogP contribution in [0.1, 0.15) is 44.9 Å². The van der Waals surface area contributed by atoms with Crippen molar-refractivity contribution in [2.45, 2.75) is 57.0 Å². The van der Waals surface area contributed by atoms with Crippen molar-refractivity contribution in [3.8, 4) is 0 Å². The molecule has 0 saturated carbocycles. The van der Waals surface area contributed by atoms with Gasteiger partial charge in [-0.05, 0) is 45.1 Å². The van der Waals surface area contributed by atoms with Gasteiger partial charge in [-0.3, -0.25) is 4.79 Å². The number of carbonyl (C=O) groups excluding carboxylic acids is 1. The summed E-state index contributed by atoms with van der Waals surface area (Å²) < 4.78 is 24.8. The zero-order valence-electron chi connectivity index (χ0n) is 12.8. The molecule has 2 atom stereocenters. The van der Waals surface area contributed by atoms with E-state index in [2.05, 4.69) is 10.0 Å². The topological polar surface area (TPSA) is 78.5 Å². The van der Waals surface area contributed by atoms with Gasteiger partial charge in [0.15, 0.2) is 0 Å². The first kappa shape index (κ1) is 16.7. The van der Waals surface area contributed by atoms with Crippen molar-refractivity contribution in [3.05, 3.63) is 0 Å². The Hall–Kier alpha value is -0.660. The Balaban J connectivity index is 1.89. The molecule has 7 heteroatoms. The second-order valence-electron chi connectivity index (χ2n) is 6.14. The fourth-order valence-electron chi connectivity index (χ4n) is 3.26. The van der Waals surface area contributed by atoms with Crippen LogP contribution in [-0.2, 0) is 14.8 Å². The Morgan fingerprint density at radius 2 is 2.00 bits per heavy atom. The molecule has 2 saturated heterocycles. The maximum atomic E-state index is 12.6. The van der Waals surface area contributed by atoms with Crippen LogP contribution in [0.2, 0.25) is 0 Å². The molecule has 0 bridgehead atoms. The summed E-state index contributed by atoms with van der Waals surface area (Å²) >= 11 is 0. The molecule has 1 amide bonds. The van der Waals surface area contributed by atoms with Gasteiger partial charge < -0.3 is 10.2 Å². The Labute approximate surface area is 127 Å². The molecule has 2 rings (SSSR count). The minimum atomic E-state index is -3.15. The fraction of sp³-hybridized carbons (Fsp3) is 0.929. The minimum Gasteiger partial charge on any atom is -0.338 e. The second-order valence-corrected chi connectivity index (χ2v) is 7.97. The first-order valence-corrected chi connectivity index (χ1v) is 9.85. The van der Waals surface area contributed by atoms with Crippen molar-refractivity contribution in [3.63, 3.8) is 0 Å². The smallest absolute Gasteiger partial charge is 0.239 e. The number of amides is 1. The average Bonchev–Trinajstić information content (AvgIpc) is 2.47. The van der Waals surface area contributed by atoms with Crippen LogP contribution in [0.25, 0.3) is 0 Å². The number of hydrogen-bond donors (Lipinski definition) is 2. The molecule has 2 aliphatic heterocycles. The highest BCUT2D eigenvalue weighted by Gasteiger charge is 2.31. The van der Waals surface area contributed by atoms with Gasteiger partial charge in [0.25, 0.3) is 0 Å². The van der Waals surface area contributed by atoms with E-state index in [1.54, 1.807) is 0 Å². The lowest BCUT2D eigenvalue weighted by Crippen LogP contribution is -2.53. The van der Waals surface area contributed by atoms with Crippen LogP contribution in [0.5, 0.6) is 0 Å². The number of likely N-dealkylation sites (tertiary alicyclic amines) is 1. The minimum absolute atomic E-state index is 0.0396. The molecule has 0 aromatic carbocycles. The zero-order valence-corrected chi connectivity index (χ0v) is 13.6. The predicted octanol–water partition coefficient (Wildman–Crippen LogP) is 0.449. The van der Waals surface area contributed by atoms with Crippen LogP contribution < -0.4 is 10.0 Å². The van der Waals surface area contributed by atoms with Crippen molar-refractivity contribution in [1.82, 2.24) is 14.9 Å². The number of rotatable bonds is 5. The van der Waals surface area contributed by atoms with E-state index in [1.165, 1.54) is 6.26 Å². The van der Waals surface area contributed by atoms with Gasteiger partial charge >= 0.3 is 0 Å². The number of sulfonamides is 1. The van der Waals surface area contributed by atoms with E-state index in [0.29, 0.717) is 13.0 Å². The Morgan fingerprint density at radius 3 is 2.67 bits per heavy atom. The largest absolute Gasteiger partial charge is 0.338 e. The highest BCUT2D eigenvalue weighted by Crippen LogP contribution is 2.22. The van der Waals surface area contributed by atoms with E-state index in [4.69, 9.17) is 0 Å². The summed E-state index contributed by atoms with van der Waals surface area (Å²) in [5.74, 6) is 0.207. The van der Waals surface area contributed by atoms with E-state index in [-0.39, 0.29) is 18.0 Å². The summed E-state index contributed by atoms with van der Waals surface area (Å²) in [6.45, 7) is 2.14. The normalized spacial score (nSPS) is 27.6. The summed E-state index contributed by atoms with van der Waals surface area (Å²) in [5, 5.41) is 3.31. The summed E-state index contributed by atoms with van der Waals surface area (Å²) in [6.07, 6.45) is 8.19. The summed E-state index contributed by atoms with van der Waals surface area (Å²) in [7, 11) is -3.15. The van der Waals surface area contributed by atoms with Gasteiger partial charge in [0.05, 0.1) is 12.3 Å². The second kappa shape index (κ2) is 7.56. The molecule has 0 aromatic rings. The van der Waals surface area contributed by atoms with Crippen molar-refractivity contribution >= 4 is 15.9 Å². The average molecular weight is 317 g/mol. The first-order valence-electron chi connectivity index (χ1n) is 7.96. The lowest BCUT2D eigenvalue weighted by molar-refractivity contribution is -0.137. The Bertz CT molecular complexity index is 446. The molecule has 122 valence electrons. The maximum absolute atomic E-state index is 12.6. The molecule has 2 fully saturated rings. The summed E-state index contributed by atoms with van der Waals surface area (Å²) in [5.41, 5.74) is 0. The van der Waals surface area contributed by atoms with Gasteiger partial charge in [-0.15, -0.1) is 0 Å². The molecule has 21 heavy (non-hydrogen) atoms.